The number of benzene rings is 2. The fraction of sp³-hybridized carbons (Fsp3) is 0.348. The molecule has 0 aliphatic carbocycles. The summed E-state index contributed by atoms with van der Waals surface area (Å²) in [6.07, 6.45) is 1.27. The first-order valence-corrected chi connectivity index (χ1v) is 12.2. The molecular weight excluding hydrogens is 446 g/mol. The molecule has 0 spiro atoms. The average Bonchev–Trinajstić information content (AvgIpc) is 3.38. The molecule has 4 rings (SSSR count). The number of anilines is 1. The zero-order valence-corrected chi connectivity index (χ0v) is 19.0. The molecular formula is C23H25N3O6S. The lowest BCUT2D eigenvalue weighted by atomic mass is 10.1. The van der Waals surface area contributed by atoms with Crippen LogP contribution in [0.2, 0.25) is 0 Å². The number of carbonyl (C=O) groups excluding carboxylic acids is 3. The number of imide groups is 1. The van der Waals surface area contributed by atoms with Gasteiger partial charge in [-0.25, -0.2) is 18.5 Å². The lowest BCUT2D eigenvalue weighted by molar-refractivity contribution is -0.122. The maximum atomic E-state index is 13.4. The van der Waals surface area contributed by atoms with Crippen LogP contribution >= 0.6 is 0 Å². The van der Waals surface area contributed by atoms with Gasteiger partial charge in [0.15, 0.2) is 0 Å². The lowest BCUT2D eigenvalue weighted by Gasteiger charge is -2.30. The highest BCUT2D eigenvalue weighted by atomic mass is 32.2. The molecule has 0 bridgehead atoms. The Kier molecular flexibility index (Phi) is 6.33. The van der Waals surface area contributed by atoms with E-state index in [0.717, 1.165) is 23.3 Å². The van der Waals surface area contributed by atoms with Crippen molar-refractivity contribution in [3.63, 3.8) is 0 Å². The van der Waals surface area contributed by atoms with Crippen molar-refractivity contribution >= 4 is 33.4 Å². The minimum Gasteiger partial charge on any atom is -0.376 e. The Hall–Kier alpha value is -3.08. The van der Waals surface area contributed by atoms with Gasteiger partial charge in [0.25, 0.3) is 11.8 Å². The van der Waals surface area contributed by atoms with E-state index in [9.17, 15) is 22.8 Å². The summed E-state index contributed by atoms with van der Waals surface area (Å²) >= 11 is 0. The van der Waals surface area contributed by atoms with E-state index in [4.69, 9.17) is 9.88 Å². The molecule has 33 heavy (non-hydrogen) atoms. The Morgan fingerprint density at radius 3 is 2.52 bits per heavy atom. The molecule has 10 heteroatoms. The second kappa shape index (κ2) is 9.05. The predicted molar refractivity (Wildman–Crippen MR) is 120 cm³/mol. The Morgan fingerprint density at radius 1 is 1.18 bits per heavy atom. The van der Waals surface area contributed by atoms with Crippen LogP contribution in [0.1, 0.15) is 35.2 Å². The highest BCUT2D eigenvalue weighted by molar-refractivity contribution is 7.89. The summed E-state index contributed by atoms with van der Waals surface area (Å²) < 4.78 is 28.7. The molecule has 2 aliphatic rings. The lowest BCUT2D eigenvalue weighted by Crippen LogP contribution is -2.48. The molecule has 0 radical (unpaired) electrons. The van der Waals surface area contributed by atoms with E-state index in [1.165, 1.54) is 29.2 Å². The molecule has 2 saturated heterocycles. The summed E-state index contributed by atoms with van der Waals surface area (Å²) in [4.78, 5) is 41.9. The first-order valence-electron chi connectivity index (χ1n) is 10.6. The van der Waals surface area contributed by atoms with Gasteiger partial charge in [-0.3, -0.25) is 14.4 Å². The first kappa shape index (κ1) is 23.1. The smallest absolute Gasteiger partial charge is 0.257 e. The summed E-state index contributed by atoms with van der Waals surface area (Å²) in [6.45, 7) is 2.67. The second-order valence-electron chi connectivity index (χ2n) is 8.29. The van der Waals surface area contributed by atoms with E-state index < -0.39 is 27.9 Å². The van der Waals surface area contributed by atoms with Crippen LogP contribution in [0, 0.1) is 6.92 Å². The average molecular weight is 472 g/mol. The van der Waals surface area contributed by atoms with E-state index in [2.05, 4.69) is 0 Å². The number of primary sulfonamides is 1. The number of nitrogens with two attached hydrogens (primary N) is 1. The van der Waals surface area contributed by atoms with Crippen LogP contribution in [0.15, 0.2) is 53.4 Å². The van der Waals surface area contributed by atoms with Gasteiger partial charge in [0.1, 0.15) is 6.04 Å². The van der Waals surface area contributed by atoms with Crippen LogP contribution in [-0.4, -0.2) is 56.3 Å². The van der Waals surface area contributed by atoms with Crippen LogP contribution in [0.4, 0.5) is 5.69 Å². The fourth-order valence-electron chi connectivity index (χ4n) is 4.22. The highest BCUT2D eigenvalue weighted by Gasteiger charge is 2.45. The van der Waals surface area contributed by atoms with Crippen molar-refractivity contribution in [1.29, 1.82) is 0 Å². The minimum absolute atomic E-state index is 0.128. The standard InChI is InChI=1S/C23H25N3O6S/c1-15-4-2-5-16(12-15)22(28)25(14-18-6-3-11-32-18)20-13-21(27)26(23(20)29)17-7-9-19(10-8-17)33(24,30)31/h2,4-5,7-10,12,18,20H,3,6,11,13-14H2,1H3,(H2,24,30,31). The molecule has 2 heterocycles. The topological polar surface area (TPSA) is 127 Å². The zero-order valence-electron chi connectivity index (χ0n) is 18.1. The molecule has 9 nitrogen and oxygen atoms in total. The minimum atomic E-state index is -3.91. The Balaban J connectivity index is 1.63. The van der Waals surface area contributed by atoms with Crippen molar-refractivity contribution in [2.45, 2.75) is 43.2 Å². The second-order valence-corrected chi connectivity index (χ2v) is 9.85. The number of sulfonamides is 1. The van der Waals surface area contributed by atoms with Gasteiger partial charge in [0.05, 0.1) is 23.1 Å². The van der Waals surface area contributed by atoms with Crippen molar-refractivity contribution in [1.82, 2.24) is 4.90 Å². The predicted octanol–water partition coefficient (Wildman–Crippen LogP) is 1.60. The number of hydrogen-bond donors (Lipinski definition) is 1. The van der Waals surface area contributed by atoms with Crippen LogP contribution < -0.4 is 10.0 Å². The largest absolute Gasteiger partial charge is 0.376 e. The molecule has 2 unspecified atom stereocenters. The van der Waals surface area contributed by atoms with E-state index in [1.54, 1.807) is 18.2 Å². The molecule has 2 fully saturated rings. The van der Waals surface area contributed by atoms with Gasteiger partial charge in [0.2, 0.25) is 15.9 Å². The van der Waals surface area contributed by atoms with Crippen molar-refractivity contribution in [2.24, 2.45) is 5.14 Å². The van der Waals surface area contributed by atoms with Crippen molar-refractivity contribution in [3.05, 3.63) is 59.7 Å². The third kappa shape index (κ3) is 4.82. The number of ether oxygens (including phenoxy) is 1. The third-order valence-electron chi connectivity index (χ3n) is 5.87. The number of nitrogens with zero attached hydrogens (tertiary/aromatic N) is 2. The SMILES string of the molecule is Cc1cccc(C(=O)N(CC2CCCO2)C2CC(=O)N(c3ccc(S(N)(=O)=O)cc3)C2=O)c1. The summed E-state index contributed by atoms with van der Waals surface area (Å²) in [5.41, 5.74) is 1.56. The van der Waals surface area contributed by atoms with Gasteiger partial charge in [-0.15, -0.1) is 0 Å². The molecule has 0 saturated carbocycles. The zero-order chi connectivity index (χ0) is 23.8. The number of aryl methyl sites for hydroxylation is 1. The molecule has 2 atom stereocenters. The van der Waals surface area contributed by atoms with Gasteiger partial charge in [0, 0.05) is 18.7 Å². The molecule has 2 N–H and O–H groups in total. The van der Waals surface area contributed by atoms with Crippen molar-refractivity contribution in [2.75, 3.05) is 18.1 Å². The maximum Gasteiger partial charge on any atom is 0.257 e. The normalized spacial score (nSPS) is 21.0. The summed E-state index contributed by atoms with van der Waals surface area (Å²) in [6, 6.07) is 11.3. The van der Waals surface area contributed by atoms with Crippen LogP contribution in [0.25, 0.3) is 0 Å². The van der Waals surface area contributed by atoms with Crippen molar-refractivity contribution < 1.29 is 27.5 Å². The van der Waals surface area contributed by atoms with E-state index in [0.29, 0.717) is 12.2 Å². The van der Waals surface area contributed by atoms with E-state index >= 15 is 0 Å². The maximum absolute atomic E-state index is 13.4. The summed E-state index contributed by atoms with van der Waals surface area (Å²) in [5, 5.41) is 5.12. The fourth-order valence-corrected chi connectivity index (χ4v) is 4.73. The van der Waals surface area contributed by atoms with E-state index in [1.807, 2.05) is 13.0 Å². The van der Waals surface area contributed by atoms with Gasteiger partial charge in [-0.2, -0.15) is 0 Å². The molecule has 3 amide bonds. The molecule has 2 aromatic carbocycles. The first-order chi connectivity index (χ1) is 15.6. The van der Waals surface area contributed by atoms with Gasteiger partial charge in [-0.1, -0.05) is 17.7 Å². The van der Waals surface area contributed by atoms with Crippen LogP contribution in [0.3, 0.4) is 0 Å². The Morgan fingerprint density at radius 2 is 1.91 bits per heavy atom. The Bertz CT molecular complexity index is 1190. The van der Waals surface area contributed by atoms with Crippen LogP contribution in [0.5, 0.6) is 0 Å². The molecule has 2 aliphatic heterocycles. The van der Waals surface area contributed by atoms with Crippen LogP contribution in [-0.2, 0) is 24.3 Å². The number of hydrogen-bond acceptors (Lipinski definition) is 6. The molecule has 0 aromatic heterocycles. The number of amides is 3. The quantitative estimate of drug-likeness (QED) is 0.638. The Labute approximate surface area is 192 Å². The highest BCUT2D eigenvalue weighted by Crippen LogP contribution is 2.29. The monoisotopic (exact) mass is 471 g/mol. The number of rotatable bonds is 6. The third-order valence-corrected chi connectivity index (χ3v) is 6.80. The van der Waals surface area contributed by atoms with Gasteiger partial charge in [-0.05, 0) is 56.2 Å². The van der Waals surface area contributed by atoms with Gasteiger partial charge < -0.3 is 9.64 Å². The van der Waals surface area contributed by atoms with Gasteiger partial charge >= 0.3 is 0 Å². The number of carbonyl (C=O) groups is 3. The molecule has 2 aromatic rings. The van der Waals surface area contributed by atoms with E-state index in [-0.39, 0.29) is 35.6 Å². The molecule has 174 valence electrons. The summed E-state index contributed by atoms with van der Waals surface area (Å²) in [5.74, 6) is -1.35. The summed E-state index contributed by atoms with van der Waals surface area (Å²) in [7, 11) is -3.91. The van der Waals surface area contributed by atoms with Crippen molar-refractivity contribution in [3.8, 4) is 0 Å².